The largest absolute Gasteiger partial charge is 0.389 e. The van der Waals surface area contributed by atoms with E-state index in [0.717, 1.165) is 12.8 Å². The van der Waals surface area contributed by atoms with Crippen molar-refractivity contribution < 1.29 is 27.5 Å². The number of hydrogen-bond donors (Lipinski definition) is 1. The van der Waals surface area contributed by atoms with Gasteiger partial charge in [0, 0.05) is 36.6 Å². The summed E-state index contributed by atoms with van der Waals surface area (Å²) in [6.45, 7) is 0.259. The smallest absolute Gasteiger partial charge is 0.387 e. The quantitative estimate of drug-likeness (QED) is 0.657. The van der Waals surface area contributed by atoms with Gasteiger partial charge in [-0.05, 0) is 31.4 Å². The summed E-state index contributed by atoms with van der Waals surface area (Å²) < 4.78 is 52.5. The molecule has 1 aromatic heterocycles. The molecular weight excluding hydrogens is 454 g/mol. The summed E-state index contributed by atoms with van der Waals surface area (Å²) in [5.41, 5.74) is -1.63. The minimum atomic E-state index is -4.40. The van der Waals surface area contributed by atoms with Crippen molar-refractivity contribution in [1.82, 2.24) is 14.5 Å². The number of alkyl halides is 3. The number of piperidine rings is 1. The maximum Gasteiger partial charge on any atom is 0.389 e. The zero-order chi connectivity index (χ0) is 24.6. The zero-order valence-corrected chi connectivity index (χ0v) is 18.7. The molecule has 2 aliphatic rings. The predicted molar refractivity (Wildman–Crippen MR) is 116 cm³/mol. The average molecular weight is 481 g/mol. The van der Waals surface area contributed by atoms with E-state index in [1.165, 1.54) is 40.1 Å². The van der Waals surface area contributed by atoms with Gasteiger partial charge < -0.3 is 10.0 Å². The maximum absolute atomic E-state index is 13.5. The Morgan fingerprint density at radius 2 is 1.88 bits per heavy atom. The molecule has 1 aliphatic carbocycles. The molecular formula is C24H27F4N3O3. The van der Waals surface area contributed by atoms with E-state index in [2.05, 4.69) is 4.98 Å². The number of nitrogens with zero attached hydrogens (tertiary/aromatic N) is 3. The Kier molecular flexibility index (Phi) is 6.54. The molecule has 2 heterocycles. The number of aromatic nitrogens is 2. The van der Waals surface area contributed by atoms with Gasteiger partial charge in [-0.1, -0.05) is 25.0 Å². The van der Waals surface area contributed by atoms with Crippen molar-refractivity contribution in [2.75, 3.05) is 13.1 Å². The molecule has 1 saturated heterocycles. The molecule has 6 nitrogen and oxygen atoms in total. The van der Waals surface area contributed by atoms with Crippen LogP contribution >= 0.6 is 0 Å². The van der Waals surface area contributed by atoms with Gasteiger partial charge in [-0.3, -0.25) is 14.2 Å². The molecule has 1 spiro atoms. The number of carbonyl (C=O) groups excluding carboxylic acids is 1. The Balaban J connectivity index is 1.53. The first kappa shape index (κ1) is 24.4. The van der Waals surface area contributed by atoms with E-state index in [0.29, 0.717) is 24.1 Å². The highest BCUT2D eigenvalue weighted by Gasteiger charge is 2.55. The third-order valence-electron chi connectivity index (χ3n) is 7.24. The van der Waals surface area contributed by atoms with Crippen molar-refractivity contribution in [2.24, 2.45) is 5.41 Å². The first-order valence-electron chi connectivity index (χ1n) is 11.4. The fourth-order valence-electron chi connectivity index (χ4n) is 5.35. The number of rotatable bonds is 5. The molecule has 2 aromatic rings. The highest BCUT2D eigenvalue weighted by Crippen LogP contribution is 2.51. The third-order valence-corrected chi connectivity index (χ3v) is 7.24. The van der Waals surface area contributed by atoms with Crippen LogP contribution in [0.1, 0.15) is 44.9 Å². The molecule has 1 saturated carbocycles. The van der Waals surface area contributed by atoms with Crippen LogP contribution in [0.2, 0.25) is 0 Å². The fourth-order valence-corrected chi connectivity index (χ4v) is 5.35. The molecule has 1 amide bonds. The van der Waals surface area contributed by atoms with Gasteiger partial charge in [-0.25, -0.2) is 9.37 Å². The second-order valence-corrected chi connectivity index (χ2v) is 9.45. The second-order valence-electron chi connectivity index (χ2n) is 9.45. The van der Waals surface area contributed by atoms with Crippen LogP contribution < -0.4 is 5.56 Å². The molecule has 184 valence electrons. The van der Waals surface area contributed by atoms with Crippen LogP contribution in [0.3, 0.4) is 0 Å². The SMILES string of the molecule is O=C(CCC(F)(F)F)N1CCC(O)(Cn2cnc(-c3cccc(F)c3)cc2=O)C2(CCCC2)C1. The van der Waals surface area contributed by atoms with Crippen molar-refractivity contribution in [3.8, 4) is 11.3 Å². The predicted octanol–water partition coefficient (Wildman–Crippen LogP) is 3.92. The minimum absolute atomic E-state index is 0.0349. The van der Waals surface area contributed by atoms with Gasteiger partial charge in [-0.2, -0.15) is 13.2 Å². The summed E-state index contributed by atoms with van der Waals surface area (Å²) in [6, 6.07) is 7.02. The Labute approximate surface area is 194 Å². The van der Waals surface area contributed by atoms with E-state index in [1.54, 1.807) is 6.07 Å². The normalized spacial score (nSPS) is 22.3. The van der Waals surface area contributed by atoms with Crippen molar-refractivity contribution in [3.63, 3.8) is 0 Å². The molecule has 1 unspecified atom stereocenters. The molecule has 2 fully saturated rings. The van der Waals surface area contributed by atoms with Gasteiger partial charge >= 0.3 is 6.18 Å². The van der Waals surface area contributed by atoms with E-state index in [1.807, 2.05) is 0 Å². The van der Waals surface area contributed by atoms with Gasteiger partial charge in [-0.15, -0.1) is 0 Å². The van der Waals surface area contributed by atoms with Crippen LogP contribution in [-0.2, 0) is 11.3 Å². The lowest BCUT2D eigenvalue weighted by molar-refractivity contribution is -0.166. The average Bonchev–Trinajstić information content (AvgIpc) is 3.25. The van der Waals surface area contributed by atoms with Crippen molar-refractivity contribution in [1.29, 1.82) is 0 Å². The van der Waals surface area contributed by atoms with E-state index in [-0.39, 0.29) is 26.1 Å². The van der Waals surface area contributed by atoms with E-state index in [4.69, 9.17) is 0 Å². The van der Waals surface area contributed by atoms with Crippen molar-refractivity contribution >= 4 is 5.91 Å². The first-order chi connectivity index (χ1) is 16.0. The number of carbonyl (C=O) groups is 1. The maximum atomic E-state index is 13.5. The second kappa shape index (κ2) is 9.13. The molecule has 1 aliphatic heterocycles. The minimum Gasteiger partial charge on any atom is -0.387 e. The number of likely N-dealkylation sites (tertiary alicyclic amines) is 1. The number of aliphatic hydroxyl groups is 1. The van der Waals surface area contributed by atoms with Crippen LogP contribution in [-0.4, -0.2) is 50.3 Å². The third kappa shape index (κ3) is 5.01. The van der Waals surface area contributed by atoms with Crippen LogP contribution in [0.5, 0.6) is 0 Å². The summed E-state index contributed by atoms with van der Waals surface area (Å²) in [7, 11) is 0. The highest BCUT2D eigenvalue weighted by molar-refractivity contribution is 5.76. The van der Waals surface area contributed by atoms with Crippen LogP contribution in [0.15, 0.2) is 41.5 Å². The Hall–Kier alpha value is -2.75. The van der Waals surface area contributed by atoms with Crippen LogP contribution in [0.4, 0.5) is 17.6 Å². The Morgan fingerprint density at radius 3 is 2.53 bits per heavy atom. The molecule has 0 radical (unpaired) electrons. The molecule has 34 heavy (non-hydrogen) atoms. The summed E-state index contributed by atoms with van der Waals surface area (Å²) >= 11 is 0. The highest BCUT2D eigenvalue weighted by atomic mass is 19.4. The monoisotopic (exact) mass is 481 g/mol. The lowest BCUT2D eigenvalue weighted by atomic mass is 9.65. The molecule has 4 rings (SSSR count). The summed E-state index contributed by atoms with van der Waals surface area (Å²) in [5.74, 6) is -1.01. The van der Waals surface area contributed by atoms with Crippen LogP contribution in [0, 0.1) is 11.2 Å². The van der Waals surface area contributed by atoms with E-state index in [9.17, 15) is 32.3 Å². The number of benzene rings is 1. The molecule has 1 atom stereocenters. The summed E-state index contributed by atoms with van der Waals surface area (Å²) in [4.78, 5) is 31.0. The lowest BCUT2D eigenvalue weighted by Gasteiger charge is -2.52. The zero-order valence-electron chi connectivity index (χ0n) is 18.7. The molecule has 0 bridgehead atoms. The lowest BCUT2D eigenvalue weighted by Crippen LogP contribution is -2.62. The summed E-state index contributed by atoms with van der Waals surface area (Å²) in [6.07, 6.45) is -1.79. The number of amides is 1. The topological polar surface area (TPSA) is 75.4 Å². The molecule has 1 aromatic carbocycles. The Morgan fingerprint density at radius 1 is 1.15 bits per heavy atom. The molecule has 10 heteroatoms. The van der Waals surface area contributed by atoms with Gasteiger partial charge in [0.1, 0.15) is 5.82 Å². The van der Waals surface area contributed by atoms with E-state index >= 15 is 0 Å². The van der Waals surface area contributed by atoms with Gasteiger partial charge in [0.25, 0.3) is 5.56 Å². The molecule has 1 N–H and O–H groups in total. The van der Waals surface area contributed by atoms with Gasteiger partial charge in [0.15, 0.2) is 0 Å². The number of halogens is 4. The number of hydrogen-bond acceptors (Lipinski definition) is 4. The Bertz CT molecular complexity index is 1110. The van der Waals surface area contributed by atoms with E-state index < -0.39 is 47.3 Å². The van der Waals surface area contributed by atoms with Gasteiger partial charge in [0.05, 0.1) is 30.6 Å². The fraction of sp³-hybridized carbons (Fsp3) is 0.542. The summed E-state index contributed by atoms with van der Waals surface area (Å²) in [5, 5.41) is 11.7. The standard InChI is InChI=1S/C24H27F4N3O3/c25-18-5-3-4-17(12-18)19-13-21(33)31(16-29-19)15-23(34)10-11-30(14-22(23)7-1-2-8-22)20(32)6-9-24(26,27)28/h3-5,12-13,16,34H,1-2,6-11,14-15H2. The van der Waals surface area contributed by atoms with Gasteiger partial charge in [0.2, 0.25) is 5.91 Å². The first-order valence-corrected chi connectivity index (χ1v) is 11.4. The van der Waals surface area contributed by atoms with Crippen molar-refractivity contribution in [2.45, 2.75) is 63.3 Å². The van der Waals surface area contributed by atoms with Crippen LogP contribution in [0.25, 0.3) is 11.3 Å². The van der Waals surface area contributed by atoms with Crippen molar-refractivity contribution in [3.05, 3.63) is 52.8 Å².